The average molecular weight is 379 g/mol. The van der Waals surface area contributed by atoms with Crippen LogP contribution in [0.5, 0.6) is 0 Å². The second-order valence-corrected chi connectivity index (χ2v) is 7.59. The first-order chi connectivity index (χ1) is 12.3. The molecule has 6 nitrogen and oxygen atoms in total. The zero-order valence-electron chi connectivity index (χ0n) is 14.1. The molecule has 2 rings (SSSR count). The number of carbonyl (C=O) groups excluding carboxylic acids is 2. The lowest BCUT2D eigenvalue weighted by Crippen LogP contribution is -2.29. The number of sulfone groups is 1. The lowest BCUT2D eigenvalue weighted by molar-refractivity contribution is -0.124. The van der Waals surface area contributed by atoms with Crippen LogP contribution < -0.4 is 5.32 Å². The molecule has 0 aliphatic heterocycles. The van der Waals surface area contributed by atoms with Crippen LogP contribution in [0.15, 0.2) is 53.4 Å². The topological polar surface area (TPSA) is 89.5 Å². The molecule has 26 heavy (non-hydrogen) atoms. The van der Waals surface area contributed by atoms with E-state index >= 15 is 0 Å². The van der Waals surface area contributed by atoms with Crippen LogP contribution in [0, 0.1) is 5.82 Å². The summed E-state index contributed by atoms with van der Waals surface area (Å²) in [6, 6.07) is 11.6. The standard InChI is InChI=1S/C18H18FNO5S/c1-2-26(23,24)16-10-6-4-8-14(16)18(22)25-12-17(21)20-11-13-7-3-5-9-15(13)19/h3-10H,2,11-12H2,1H3,(H,20,21). The Kier molecular flexibility index (Phi) is 6.46. The number of nitrogens with one attached hydrogen (secondary N) is 1. The van der Waals surface area contributed by atoms with Gasteiger partial charge in [0.2, 0.25) is 0 Å². The van der Waals surface area contributed by atoms with Crippen LogP contribution in [-0.2, 0) is 25.9 Å². The Labute approximate surface area is 150 Å². The van der Waals surface area contributed by atoms with Crippen molar-refractivity contribution in [2.75, 3.05) is 12.4 Å². The van der Waals surface area contributed by atoms with E-state index in [1.165, 1.54) is 49.4 Å². The largest absolute Gasteiger partial charge is 0.452 e. The Bertz CT molecular complexity index is 911. The molecule has 0 saturated carbocycles. The molecule has 0 saturated heterocycles. The maximum Gasteiger partial charge on any atom is 0.339 e. The SMILES string of the molecule is CCS(=O)(=O)c1ccccc1C(=O)OCC(=O)NCc1ccccc1F. The maximum absolute atomic E-state index is 13.5. The third-order valence-corrected chi connectivity index (χ3v) is 5.38. The van der Waals surface area contributed by atoms with Crippen LogP contribution in [0.25, 0.3) is 0 Å². The van der Waals surface area contributed by atoms with Crippen molar-refractivity contribution in [1.82, 2.24) is 5.32 Å². The lowest BCUT2D eigenvalue weighted by atomic mass is 10.2. The molecule has 0 bridgehead atoms. The van der Waals surface area contributed by atoms with Gasteiger partial charge in [-0.3, -0.25) is 4.79 Å². The fraction of sp³-hybridized carbons (Fsp3) is 0.222. The van der Waals surface area contributed by atoms with Crippen molar-refractivity contribution in [3.63, 3.8) is 0 Å². The van der Waals surface area contributed by atoms with Crippen molar-refractivity contribution >= 4 is 21.7 Å². The molecule has 2 aromatic rings. The van der Waals surface area contributed by atoms with E-state index in [0.717, 1.165) is 0 Å². The molecule has 0 aliphatic rings. The van der Waals surface area contributed by atoms with Crippen molar-refractivity contribution in [1.29, 1.82) is 0 Å². The van der Waals surface area contributed by atoms with Gasteiger partial charge >= 0.3 is 5.97 Å². The number of ether oxygens (including phenoxy) is 1. The van der Waals surface area contributed by atoms with Gasteiger partial charge in [-0.15, -0.1) is 0 Å². The van der Waals surface area contributed by atoms with Gasteiger partial charge in [-0.25, -0.2) is 17.6 Å². The van der Waals surface area contributed by atoms with Gasteiger partial charge in [0.05, 0.1) is 16.2 Å². The number of benzene rings is 2. The van der Waals surface area contributed by atoms with E-state index in [4.69, 9.17) is 4.74 Å². The molecular formula is C18H18FNO5S. The summed E-state index contributed by atoms with van der Waals surface area (Å²) < 4.78 is 42.4. The normalized spacial score (nSPS) is 11.0. The number of carbonyl (C=O) groups is 2. The summed E-state index contributed by atoms with van der Waals surface area (Å²) in [4.78, 5) is 23.8. The Balaban J connectivity index is 1.97. The Morgan fingerprint density at radius 2 is 1.73 bits per heavy atom. The van der Waals surface area contributed by atoms with Crippen molar-refractivity contribution in [2.24, 2.45) is 0 Å². The quantitative estimate of drug-likeness (QED) is 0.744. The molecule has 0 spiro atoms. The zero-order chi connectivity index (χ0) is 19.2. The minimum Gasteiger partial charge on any atom is -0.452 e. The number of hydrogen-bond donors (Lipinski definition) is 1. The van der Waals surface area contributed by atoms with E-state index in [1.807, 2.05) is 0 Å². The molecule has 0 heterocycles. The fourth-order valence-electron chi connectivity index (χ4n) is 2.16. The number of hydrogen-bond acceptors (Lipinski definition) is 5. The molecule has 1 amide bonds. The first-order valence-electron chi connectivity index (χ1n) is 7.84. The summed E-state index contributed by atoms with van der Waals surface area (Å²) in [5, 5.41) is 2.43. The molecule has 0 radical (unpaired) electrons. The molecule has 2 aromatic carbocycles. The van der Waals surface area contributed by atoms with Gasteiger partial charge in [0.25, 0.3) is 5.91 Å². The molecule has 0 aliphatic carbocycles. The Hall–Kier alpha value is -2.74. The fourth-order valence-corrected chi connectivity index (χ4v) is 3.24. The van der Waals surface area contributed by atoms with E-state index in [9.17, 15) is 22.4 Å². The molecule has 0 fully saturated rings. The van der Waals surface area contributed by atoms with Crippen LogP contribution in [0.1, 0.15) is 22.8 Å². The minimum atomic E-state index is -3.61. The highest BCUT2D eigenvalue weighted by Gasteiger charge is 2.22. The van der Waals surface area contributed by atoms with Gasteiger partial charge in [0.15, 0.2) is 16.4 Å². The van der Waals surface area contributed by atoms with Crippen LogP contribution in [0.2, 0.25) is 0 Å². The van der Waals surface area contributed by atoms with E-state index in [1.54, 1.807) is 6.07 Å². The highest BCUT2D eigenvalue weighted by molar-refractivity contribution is 7.91. The van der Waals surface area contributed by atoms with Crippen LogP contribution in [-0.4, -0.2) is 32.7 Å². The third kappa shape index (κ3) is 4.89. The summed E-state index contributed by atoms with van der Waals surface area (Å²) in [6.07, 6.45) is 0. The summed E-state index contributed by atoms with van der Waals surface area (Å²) >= 11 is 0. The van der Waals surface area contributed by atoms with Gasteiger partial charge in [-0.1, -0.05) is 37.3 Å². The zero-order valence-corrected chi connectivity index (χ0v) is 14.9. The summed E-state index contributed by atoms with van der Waals surface area (Å²) in [5.41, 5.74) is 0.169. The summed E-state index contributed by atoms with van der Waals surface area (Å²) in [7, 11) is -3.61. The van der Waals surface area contributed by atoms with E-state index in [2.05, 4.69) is 5.32 Å². The highest BCUT2D eigenvalue weighted by Crippen LogP contribution is 2.18. The molecule has 0 atom stereocenters. The van der Waals surface area contributed by atoms with E-state index in [0.29, 0.717) is 5.56 Å². The monoisotopic (exact) mass is 379 g/mol. The number of rotatable bonds is 7. The van der Waals surface area contributed by atoms with Gasteiger partial charge in [-0.05, 0) is 18.2 Å². The predicted molar refractivity (Wildman–Crippen MR) is 92.7 cm³/mol. The van der Waals surface area contributed by atoms with Crippen molar-refractivity contribution < 1.29 is 27.1 Å². The first-order valence-corrected chi connectivity index (χ1v) is 9.49. The third-order valence-electron chi connectivity index (χ3n) is 3.59. The van der Waals surface area contributed by atoms with Crippen LogP contribution >= 0.6 is 0 Å². The molecule has 138 valence electrons. The van der Waals surface area contributed by atoms with Gasteiger partial charge in [-0.2, -0.15) is 0 Å². The van der Waals surface area contributed by atoms with Crippen LogP contribution in [0.3, 0.4) is 0 Å². The molecule has 0 unspecified atom stereocenters. The van der Waals surface area contributed by atoms with E-state index in [-0.39, 0.29) is 22.8 Å². The van der Waals surface area contributed by atoms with Crippen molar-refractivity contribution in [3.8, 4) is 0 Å². The smallest absolute Gasteiger partial charge is 0.339 e. The van der Waals surface area contributed by atoms with Crippen LogP contribution in [0.4, 0.5) is 4.39 Å². The number of halogens is 1. The molecule has 1 N–H and O–H groups in total. The van der Waals surface area contributed by atoms with Gasteiger partial charge in [0.1, 0.15) is 5.82 Å². The average Bonchev–Trinajstić information content (AvgIpc) is 2.65. The van der Waals surface area contributed by atoms with E-state index < -0.39 is 34.1 Å². The molecular weight excluding hydrogens is 361 g/mol. The lowest BCUT2D eigenvalue weighted by Gasteiger charge is -2.10. The molecule has 0 aromatic heterocycles. The Morgan fingerprint density at radius 1 is 1.08 bits per heavy atom. The summed E-state index contributed by atoms with van der Waals surface area (Å²) in [5.74, 6) is -2.17. The first kappa shape index (κ1) is 19.6. The second-order valence-electron chi connectivity index (χ2n) is 5.34. The number of esters is 1. The highest BCUT2D eigenvalue weighted by atomic mass is 32.2. The molecule has 8 heteroatoms. The predicted octanol–water partition coefficient (Wildman–Crippen LogP) is 2.09. The van der Waals surface area contributed by atoms with Crippen molar-refractivity contribution in [2.45, 2.75) is 18.4 Å². The summed E-state index contributed by atoms with van der Waals surface area (Å²) in [6.45, 7) is 0.811. The maximum atomic E-state index is 13.5. The van der Waals surface area contributed by atoms with Gasteiger partial charge in [0, 0.05) is 12.1 Å². The number of amides is 1. The second kappa shape index (κ2) is 8.57. The minimum absolute atomic E-state index is 0.0517. The Morgan fingerprint density at radius 3 is 2.42 bits per heavy atom. The van der Waals surface area contributed by atoms with Gasteiger partial charge < -0.3 is 10.1 Å². The van der Waals surface area contributed by atoms with Crippen molar-refractivity contribution in [3.05, 3.63) is 65.5 Å².